The minimum absolute atomic E-state index is 0.0326. The molecule has 0 bridgehead atoms. The van der Waals surface area contributed by atoms with Gasteiger partial charge in [0.25, 0.3) is 0 Å². The van der Waals surface area contributed by atoms with Crippen LogP contribution in [0.5, 0.6) is 5.75 Å². The van der Waals surface area contributed by atoms with Crippen LogP contribution >= 0.6 is 0 Å². The SMILES string of the molecule is COc1cc(C(C)(C)C)cc(C2(O)CCOCC2)c1. The summed E-state index contributed by atoms with van der Waals surface area (Å²) in [5.74, 6) is 0.808. The summed E-state index contributed by atoms with van der Waals surface area (Å²) in [6, 6.07) is 6.10. The van der Waals surface area contributed by atoms with Crippen molar-refractivity contribution in [3.8, 4) is 5.75 Å². The number of rotatable bonds is 2. The number of hydrogen-bond acceptors (Lipinski definition) is 3. The Labute approximate surface area is 115 Å². The van der Waals surface area contributed by atoms with E-state index >= 15 is 0 Å². The molecule has 0 unspecified atom stereocenters. The third-order valence-electron chi connectivity index (χ3n) is 3.87. The fraction of sp³-hybridized carbons (Fsp3) is 0.625. The molecular weight excluding hydrogens is 240 g/mol. The van der Waals surface area contributed by atoms with Gasteiger partial charge in [0, 0.05) is 26.1 Å². The molecule has 0 aromatic heterocycles. The van der Waals surface area contributed by atoms with Crippen LogP contribution in [-0.2, 0) is 15.8 Å². The van der Waals surface area contributed by atoms with Gasteiger partial charge < -0.3 is 14.6 Å². The molecule has 1 N–H and O–H groups in total. The summed E-state index contributed by atoms with van der Waals surface area (Å²) >= 11 is 0. The summed E-state index contributed by atoms with van der Waals surface area (Å²) in [5.41, 5.74) is 1.37. The number of ether oxygens (including phenoxy) is 2. The van der Waals surface area contributed by atoms with E-state index in [-0.39, 0.29) is 5.41 Å². The van der Waals surface area contributed by atoms with Crippen LogP contribution in [0, 0.1) is 0 Å². The zero-order valence-corrected chi connectivity index (χ0v) is 12.3. The van der Waals surface area contributed by atoms with Crippen LogP contribution in [0.2, 0.25) is 0 Å². The highest BCUT2D eigenvalue weighted by Crippen LogP contribution is 2.37. The Balaban J connectivity index is 2.44. The fourth-order valence-corrected chi connectivity index (χ4v) is 2.42. The Hall–Kier alpha value is -1.06. The molecule has 3 nitrogen and oxygen atoms in total. The van der Waals surface area contributed by atoms with Gasteiger partial charge in [-0.3, -0.25) is 0 Å². The molecule has 0 saturated carbocycles. The zero-order chi connectivity index (χ0) is 14.1. The first-order chi connectivity index (χ1) is 8.85. The quantitative estimate of drug-likeness (QED) is 0.892. The minimum Gasteiger partial charge on any atom is -0.497 e. The van der Waals surface area contributed by atoms with E-state index in [0.717, 1.165) is 11.3 Å². The first-order valence-electron chi connectivity index (χ1n) is 6.85. The predicted molar refractivity (Wildman–Crippen MR) is 75.6 cm³/mol. The minimum atomic E-state index is -0.785. The van der Waals surface area contributed by atoms with Crippen molar-refractivity contribution in [3.63, 3.8) is 0 Å². The van der Waals surface area contributed by atoms with Crippen molar-refractivity contribution in [2.75, 3.05) is 20.3 Å². The average molecular weight is 264 g/mol. The number of aliphatic hydroxyl groups is 1. The topological polar surface area (TPSA) is 38.7 Å². The van der Waals surface area contributed by atoms with Gasteiger partial charge in [0.2, 0.25) is 0 Å². The van der Waals surface area contributed by atoms with Crippen molar-refractivity contribution >= 4 is 0 Å². The van der Waals surface area contributed by atoms with Gasteiger partial charge >= 0.3 is 0 Å². The van der Waals surface area contributed by atoms with E-state index in [1.807, 2.05) is 12.1 Å². The summed E-state index contributed by atoms with van der Waals surface area (Å²) in [5, 5.41) is 10.8. The maximum absolute atomic E-state index is 10.8. The number of benzene rings is 1. The van der Waals surface area contributed by atoms with Crippen molar-refractivity contribution in [1.82, 2.24) is 0 Å². The Morgan fingerprint density at radius 2 is 1.79 bits per heavy atom. The summed E-state index contributed by atoms with van der Waals surface area (Å²) in [4.78, 5) is 0. The van der Waals surface area contributed by atoms with Gasteiger partial charge in [-0.1, -0.05) is 26.8 Å². The van der Waals surface area contributed by atoms with Crippen molar-refractivity contribution in [3.05, 3.63) is 29.3 Å². The van der Waals surface area contributed by atoms with Gasteiger partial charge in [-0.2, -0.15) is 0 Å². The molecule has 1 saturated heterocycles. The first-order valence-corrected chi connectivity index (χ1v) is 6.85. The van der Waals surface area contributed by atoms with Gasteiger partial charge in [-0.05, 0) is 28.7 Å². The molecule has 1 aromatic rings. The lowest BCUT2D eigenvalue weighted by atomic mass is 9.80. The highest BCUT2D eigenvalue weighted by atomic mass is 16.5. The highest BCUT2D eigenvalue weighted by Gasteiger charge is 2.33. The van der Waals surface area contributed by atoms with Crippen molar-refractivity contribution in [2.45, 2.75) is 44.6 Å². The second-order valence-corrected chi connectivity index (χ2v) is 6.34. The molecule has 2 rings (SSSR count). The normalized spacial score (nSPS) is 19.2. The van der Waals surface area contributed by atoms with Gasteiger partial charge in [0.05, 0.1) is 12.7 Å². The molecule has 1 aromatic carbocycles. The summed E-state index contributed by atoms with van der Waals surface area (Å²) in [6.45, 7) is 7.72. The van der Waals surface area contributed by atoms with Crippen molar-refractivity contribution in [1.29, 1.82) is 0 Å². The van der Waals surface area contributed by atoms with Gasteiger partial charge in [-0.25, -0.2) is 0 Å². The molecular formula is C16H24O3. The molecule has 0 aliphatic carbocycles. The summed E-state index contributed by atoms with van der Waals surface area (Å²) in [7, 11) is 1.67. The Kier molecular flexibility index (Phi) is 3.88. The maximum atomic E-state index is 10.8. The molecule has 0 amide bonds. The fourth-order valence-electron chi connectivity index (χ4n) is 2.42. The van der Waals surface area contributed by atoms with Gasteiger partial charge in [0.15, 0.2) is 0 Å². The van der Waals surface area contributed by atoms with Crippen LogP contribution in [-0.4, -0.2) is 25.4 Å². The van der Waals surface area contributed by atoms with Crippen molar-refractivity contribution in [2.24, 2.45) is 0 Å². The average Bonchev–Trinajstić information content (AvgIpc) is 2.38. The Bertz CT molecular complexity index is 440. The number of hydrogen-bond donors (Lipinski definition) is 1. The molecule has 0 radical (unpaired) electrons. The molecule has 1 heterocycles. The molecule has 19 heavy (non-hydrogen) atoms. The lowest BCUT2D eigenvalue weighted by molar-refractivity contribution is -0.0680. The lowest BCUT2D eigenvalue weighted by Gasteiger charge is -2.34. The largest absolute Gasteiger partial charge is 0.497 e. The molecule has 0 atom stereocenters. The number of methoxy groups -OCH3 is 1. The second kappa shape index (κ2) is 5.14. The van der Waals surface area contributed by atoms with E-state index in [0.29, 0.717) is 26.1 Å². The van der Waals surface area contributed by atoms with E-state index < -0.39 is 5.60 Å². The standard InChI is InChI=1S/C16H24O3/c1-15(2,3)12-9-13(11-14(10-12)18-4)16(17)5-7-19-8-6-16/h9-11,17H,5-8H2,1-4H3. The van der Waals surface area contributed by atoms with Crippen LogP contribution in [0.25, 0.3) is 0 Å². The van der Waals surface area contributed by atoms with Crippen molar-refractivity contribution < 1.29 is 14.6 Å². The first kappa shape index (κ1) is 14.4. The molecule has 1 aliphatic rings. The third-order valence-corrected chi connectivity index (χ3v) is 3.87. The van der Waals surface area contributed by atoms with Crippen LogP contribution in [0.3, 0.4) is 0 Å². The molecule has 1 fully saturated rings. The third kappa shape index (κ3) is 3.10. The molecule has 3 heteroatoms. The van der Waals surface area contributed by atoms with E-state index in [9.17, 15) is 5.11 Å². The van der Waals surface area contributed by atoms with Crippen LogP contribution in [0.1, 0.15) is 44.7 Å². The van der Waals surface area contributed by atoms with E-state index in [4.69, 9.17) is 9.47 Å². The monoisotopic (exact) mass is 264 g/mol. The lowest BCUT2D eigenvalue weighted by Crippen LogP contribution is -2.33. The molecule has 106 valence electrons. The smallest absolute Gasteiger partial charge is 0.119 e. The summed E-state index contributed by atoms with van der Waals surface area (Å²) in [6.07, 6.45) is 1.29. The van der Waals surface area contributed by atoms with Crippen LogP contribution in [0.15, 0.2) is 18.2 Å². The Morgan fingerprint density at radius 1 is 1.16 bits per heavy atom. The molecule has 1 aliphatic heterocycles. The zero-order valence-electron chi connectivity index (χ0n) is 12.3. The van der Waals surface area contributed by atoms with E-state index in [2.05, 4.69) is 26.8 Å². The van der Waals surface area contributed by atoms with Gasteiger partial charge in [0.1, 0.15) is 5.75 Å². The predicted octanol–water partition coefficient (Wildman–Crippen LogP) is 2.99. The molecule has 0 spiro atoms. The summed E-state index contributed by atoms with van der Waals surface area (Å²) < 4.78 is 10.7. The van der Waals surface area contributed by atoms with E-state index in [1.165, 1.54) is 5.56 Å². The van der Waals surface area contributed by atoms with E-state index in [1.54, 1.807) is 7.11 Å². The maximum Gasteiger partial charge on any atom is 0.119 e. The van der Waals surface area contributed by atoms with Gasteiger partial charge in [-0.15, -0.1) is 0 Å². The highest BCUT2D eigenvalue weighted by molar-refractivity contribution is 5.40. The second-order valence-electron chi connectivity index (χ2n) is 6.34. The van der Waals surface area contributed by atoms with Crippen LogP contribution < -0.4 is 4.74 Å². The van der Waals surface area contributed by atoms with Crippen LogP contribution in [0.4, 0.5) is 0 Å². The Morgan fingerprint density at radius 3 is 2.32 bits per heavy atom.